The molecule has 0 fully saturated rings. The number of nitrogens with two attached hydrogens (primary N) is 1. The van der Waals surface area contributed by atoms with E-state index in [2.05, 4.69) is 6.92 Å². The molecular weight excluding hydrogens is 128 g/mol. The van der Waals surface area contributed by atoms with Crippen LogP contribution in [0.4, 0.5) is 0 Å². The maximum Gasteiger partial charge on any atom is 0.210 e. The fourth-order valence-corrected chi connectivity index (χ4v) is 1.04. The van der Waals surface area contributed by atoms with Crippen molar-refractivity contribution in [3.63, 3.8) is 0 Å². The summed E-state index contributed by atoms with van der Waals surface area (Å²) >= 11 is 0. The van der Waals surface area contributed by atoms with E-state index in [0.29, 0.717) is 11.9 Å². The SMILES string of the molecule is CCN1OC(N)=C(C)C1C. The predicted octanol–water partition coefficient (Wildman–Crippen LogP) is 0.832. The van der Waals surface area contributed by atoms with E-state index in [9.17, 15) is 0 Å². The Morgan fingerprint density at radius 2 is 2.30 bits per heavy atom. The summed E-state index contributed by atoms with van der Waals surface area (Å²) < 4.78 is 0. The molecule has 0 saturated carbocycles. The van der Waals surface area contributed by atoms with Crippen molar-refractivity contribution in [1.29, 1.82) is 0 Å². The molecule has 1 atom stereocenters. The van der Waals surface area contributed by atoms with Gasteiger partial charge in [-0.2, -0.15) is 0 Å². The highest BCUT2D eigenvalue weighted by atomic mass is 16.7. The van der Waals surface area contributed by atoms with Crippen LogP contribution < -0.4 is 5.73 Å². The van der Waals surface area contributed by atoms with Crippen molar-refractivity contribution in [2.75, 3.05) is 6.54 Å². The first-order valence-electron chi connectivity index (χ1n) is 3.57. The maximum atomic E-state index is 5.55. The highest BCUT2D eigenvalue weighted by Gasteiger charge is 2.25. The Kier molecular flexibility index (Phi) is 1.85. The summed E-state index contributed by atoms with van der Waals surface area (Å²) in [5.41, 5.74) is 6.68. The first-order valence-corrected chi connectivity index (χ1v) is 3.57. The van der Waals surface area contributed by atoms with Crippen LogP contribution in [0.3, 0.4) is 0 Å². The van der Waals surface area contributed by atoms with Crippen LogP contribution in [-0.2, 0) is 4.84 Å². The van der Waals surface area contributed by atoms with Crippen molar-refractivity contribution in [1.82, 2.24) is 5.06 Å². The first-order chi connectivity index (χ1) is 4.66. The molecule has 0 aromatic heterocycles. The van der Waals surface area contributed by atoms with E-state index >= 15 is 0 Å². The molecule has 0 aliphatic carbocycles. The van der Waals surface area contributed by atoms with Crippen LogP contribution in [0.5, 0.6) is 0 Å². The van der Waals surface area contributed by atoms with Crippen LogP contribution in [-0.4, -0.2) is 17.6 Å². The summed E-state index contributed by atoms with van der Waals surface area (Å²) in [4.78, 5) is 5.23. The minimum atomic E-state index is 0.338. The number of hydrogen-bond acceptors (Lipinski definition) is 3. The van der Waals surface area contributed by atoms with Gasteiger partial charge in [-0.05, 0) is 20.8 Å². The highest BCUT2D eigenvalue weighted by molar-refractivity contribution is 5.12. The molecule has 2 N–H and O–H groups in total. The van der Waals surface area contributed by atoms with Crippen molar-refractivity contribution in [3.05, 3.63) is 11.5 Å². The molecule has 1 rings (SSSR count). The third-order valence-corrected chi connectivity index (χ3v) is 1.97. The molecule has 0 aromatic carbocycles. The van der Waals surface area contributed by atoms with Crippen molar-refractivity contribution < 1.29 is 4.84 Å². The quantitative estimate of drug-likeness (QED) is 0.589. The molecule has 3 nitrogen and oxygen atoms in total. The molecule has 1 aliphatic rings. The molecular formula is C7H14N2O. The zero-order valence-electron chi connectivity index (χ0n) is 6.72. The molecule has 58 valence electrons. The van der Waals surface area contributed by atoms with E-state index < -0.39 is 0 Å². The van der Waals surface area contributed by atoms with Gasteiger partial charge in [-0.25, -0.2) is 0 Å². The normalized spacial score (nSPS) is 27.3. The van der Waals surface area contributed by atoms with Gasteiger partial charge in [-0.1, -0.05) is 0 Å². The summed E-state index contributed by atoms with van der Waals surface area (Å²) in [7, 11) is 0. The third kappa shape index (κ3) is 0.968. The van der Waals surface area contributed by atoms with Crippen LogP contribution in [0.2, 0.25) is 0 Å². The second kappa shape index (κ2) is 2.50. The second-order valence-electron chi connectivity index (χ2n) is 2.55. The van der Waals surface area contributed by atoms with E-state index in [1.807, 2.05) is 18.9 Å². The van der Waals surface area contributed by atoms with Crippen molar-refractivity contribution in [3.8, 4) is 0 Å². The Balaban J connectivity index is 2.67. The second-order valence-corrected chi connectivity index (χ2v) is 2.55. The van der Waals surface area contributed by atoms with Gasteiger partial charge >= 0.3 is 0 Å². The largest absolute Gasteiger partial charge is 0.388 e. The molecule has 0 aromatic rings. The van der Waals surface area contributed by atoms with Crippen molar-refractivity contribution in [2.24, 2.45) is 5.73 Å². The molecule has 0 radical (unpaired) electrons. The van der Waals surface area contributed by atoms with E-state index in [4.69, 9.17) is 10.6 Å². The fraction of sp³-hybridized carbons (Fsp3) is 0.714. The number of likely N-dealkylation sites (N-methyl/N-ethyl adjacent to an activating group) is 1. The number of hydroxylamine groups is 2. The van der Waals surface area contributed by atoms with Gasteiger partial charge in [0.2, 0.25) is 5.88 Å². The Hall–Kier alpha value is -0.700. The molecule has 3 heteroatoms. The van der Waals surface area contributed by atoms with E-state index in [1.54, 1.807) is 0 Å². The first kappa shape index (κ1) is 7.41. The lowest BCUT2D eigenvalue weighted by molar-refractivity contribution is -0.110. The van der Waals surface area contributed by atoms with Gasteiger partial charge < -0.3 is 10.6 Å². The monoisotopic (exact) mass is 142 g/mol. The standard InChI is InChI=1S/C7H14N2O/c1-4-9-6(3)5(2)7(8)10-9/h6H,4,8H2,1-3H3. The molecule has 0 amide bonds. The lowest BCUT2D eigenvalue weighted by Crippen LogP contribution is -2.27. The summed E-state index contributed by atoms with van der Waals surface area (Å²) in [6, 6.07) is 0.338. The summed E-state index contributed by atoms with van der Waals surface area (Å²) in [6.45, 7) is 7.00. The van der Waals surface area contributed by atoms with Gasteiger partial charge in [-0.3, -0.25) is 0 Å². The molecule has 1 aliphatic heterocycles. The van der Waals surface area contributed by atoms with E-state index in [-0.39, 0.29) is 0 Å². The minimum absolute atomic E-state index is 0.338. The molecule has 0 spiro atoms. The molecule has 0 saturated heterocycles. The lowest BCUT2D eigenvalue weighted by Gasteiger charge is -2.17. The van der Waals surface area contributed by atoms with Gasteiger partial charge in [0.15, 0.2) is 0 Å². The average Bonchev–Trinajstić information content (AvgIpc) is 2.17. The maximum absolute atomic E-state index is 5.55. The minimum Gasteiger partial charge on any atom is -0.388 e. The number of hydrogen-bond donors (Lipinski definition) is 1. The highest BCUT2D eigenvalue weighted by Crippen LogP contribution is 2.21. The molecule has 1 heterocycles. The molecule has 0 bridgehead atoms. The number of nitrogens with zero attached hydrogens (tertiary/aromatic N) is 1. The Morgan fingerprint density at radius 1 is 1.70 bits per heavy atom. The lowest BCUT2D eigenvalue weighted by atomic mass is 10.2. The van der Waals surface area contributed by atoms with Crippen LogP contribution in [0, 0.1) is 0 Å². The van der Waals surface area contributed by atoms with E-state index in [0.717, 1.165) is 12.1 Å². The van der Waals surface area contributed by atoms with Gasteiger partial charge in [-0.15, -0.1) is 5.06 Å². The Labute approximate surface area is 61.4 Å². The average molecular weight is 142 g/mol. The van der Waals surface area contributed by atoms with Gasteiger partial charge in [0.1, 0.15) is 0 Å². The zero-order chi connectivity index (χ0) is 7.72. The smallest absolute Gasteiger partial charge is 0.210 e. The number of rotatable bonds is 1. The zero-order valence-corrected chi connectivity index (χ0v) is 6.72. The third-order valence-electron chi connectivity index (χ3n) is 1.97. The van der Waals surface area contributed by atoms with Crippen LogP contribution >= 0.6 is 0 Å². The molecule has 1 unspecified atom stereocenters. The van der Waals surface area contributed by atoms with Gasteiger partial charge in [0, 0.05) is 12.1 Å². The Bertz CT molecular complexity index is 165. The van der Waals surface area contributed by atoms with Crippen molar-refractivity contribution in [2.45, 2.75) is 26.8 Å². The van der Waals surface area contributed by atoms with E-state index in [1.165, 1.54) is 0 Å². The van der Waals surface area contributed by atoms with Crippen LogP contribution in [0.15, 0.2) is 11.5 Å². The molecule has 10 heavy (non-hydrogen) atoms. The topological polar surface area (TPSA) is 38.5 Å². The van der Waals surface area contributed by atoms with Crippen LogP contribution in [0.25, 0.3) is 0 Å². The van der Waals surface area contributed by atoms with Crippen molar-refractivity contribution >= 4 is 0 Å². The van der Waals surface area contributed by atoms with Gasteiger partial charge in [0.25, 0.3) is 0 Å². The fourth-order valence-electron chi connectivity index (χ4n) is 1.04. The van der Waals surface area contributed by atoms with Crippen LogP contribution in [0.1, 0.15) is 20.8 Å². The summed E-state index contributed by atoms with van der Waals surface area (Å²) in [5, 5.41) is 1.87. The summed E-state index contributed by atoms with van der Waals surface area (Å²) in [5.74, 6) is 0.564. The Morgan fingerprint density at radius 3 is 2.50 bits per heavy atom. The predicted molar refractivity (Wildman–Crippen MR) is 39.8 cm³/mol. The van der Waals surface area contributed by atoms with Gasteiger partial charge in [0.05, 0.1) is 6.04 Å². The summed E-state index contributed by atoms with van der Waals surface area (Å²) in [6.07, 6.45) is 0.